The predicted molar refractivity (Wildman–Crippen MR) is 114 cm³/mol. The van der Waals surface area contributed by atoms with Crippen LogP contribution in [0.5, 0.6) is 0 Å². The minimum Gasteiger partial charge on any atom is -0.352 e. The molecule has 2 aromatic rings. The second-order valence-corrected chi connectivity index (χ2v) is 8.21. The number of anilines is 1. The zero-order valence-corrected chi connectivity index (χ0v) is 17.5. The van der Waals surface area contributed by atoms with Crippen molar-refractivity contribution in [1.29, 1.82) is 0 Å². The molecule has 6 heteroatoms. The third-order valence-corrected chi connectivity index (χ3v) is 5.64. The van der Waals surface area contributed by atoms with Gasteiger partial charge in [-0.05, 0) is 49.7 Å². The lowest BCUT2D eigenvalue weighted by atomic mass is 10.1. The highest BCUT2D eigenvalue weighted by Crippen LogP contribution is 2.28. The Morgan fingerprint density at radius 2 is 1.93 bits per heavy atom. The maximum atomic E-state index is 12.7. The minimum atomic E-state index is -0.313. The van der Waals surface area contributed by atoms with Gasteiger partial charge in [-0.25, -0.2) is 0 Å². The summed E-state index contributed by atoms with van der Waals surface area (Å²) in [5.74, 6) is -0.366. The van der Waals surface area contributed by atoms with Gasteiger partial charge in [-0.3, -0.25) is 9.59 Å². The van der Waals surface area contributed by atoms with Crippen LogP contribution in [-0.2, 0) is 22.7 Å². The first kappa shape index (κ1) is 20.4. The highest BCUT2D eigenvalue weighted by molar-refractivity contribution is 7.98. The van der Waals surface area contributed by atoms with Crippen molar-refractivity contribution >= 4 is 29.3 Å². The highest BCUT2D eigenvalue weighted by atomic mass is 32.2. The molecule has 2 amide bonds. The summed E-state index contributed by atoms with van der Waals surface area (Å²) in [7, 11) is 4.06. The second kappa shape index (κ2) is 9.26. The van der Waals surface area contributed by atoms with E-state index in [2.05, 4.69) is 16.3 Å². The smallest absolute Gasteiger partial charge is 0.227 e. The van der Waals surface area contributed by atoms with Gasteiger partial charge < -0.3 is 15.1 Å². The molecule has 28 heavy (non-hydrogen) atoms. The van der Waals surface area contributed by atoms with E-state index in [1.807, 2.05) is 62.8 Å². The fourth-order valence-electron chi connectivity index (χ4n) is 3.46. The van der Waals surface area contributed by atoms with Crippen molar-refractivity contribution in [2.45, 2.75) is 24.4 Å². The van der Waals surface area contributed by atoms with E-state index in [1.54, 1.807) is 16.7 Å². The summed E-state index contributed by atoms with van der Waals surface area (Å²) < 4.78 is 0. The molecule has 1 aliphatic heterocycles. The van der Waals surface area contributed by atoms with Gasteiger partial charge >= 0.3 is 0 Å². The van der Waals surface area contributed by atoms with E-state index in [0.717, 1.165) is 22.7 Å². The van der Waals surface area contributed by atoms with Gasteiger partial charge in [0.05, 0.1) is 5.92 Å². The summed E-state index contributed by atoms with van der Waals surface area (Å²) in [6.07, 6.45) is 2.27. The summed E-state index contributed by atoms with van der Waals surface area (Å²) >= 11 is 1.64. The largest absolute Gasteiger partial charge is 0.352 e. The van der Waals surface area contributed by atoms with Crippen LogP contribution in [0.3, 0.4) is 0 Å². The second-order valence-electron chi connectivity index (χ2n) is 7.33. The number of carbonyl (C=O) groups is 2. The zero-order chi connectivity index (χ0) is 20.1. The lowest BCUT2D eigenvalue weighted by Gasteiger charge is -2.18. The number of thioether (sulfide) groups is 1. The van der Waals surface area contributed by atoms with Gasteiger partial charge in [-0.1, -0.05) is 30.3 Å². The summed E-state index contributed by atoms with van der Waals surface area (Å²) in [5.41, 5.74) is 3.17. The van der Waals surface area contributed by atoms with Crippen LogP contribution in [0.1, 0.15) is 17.5 Å². The Morgan fingerprint density at radius 1 is 1.18 bits per heavy atom. The van der Waals surface area contributed by atoms with Crippen molar-refractivity contribution in [2.75, 3.05) is 31.8 Å². The van der Waals surface area contributed by atoms with Crippen LogP contribution in [0.2, 0.25) is 0 Å². The molecule has 0 unspecified atom stereocenters. The van der Waals surface area contributed by atoms with Crippen molar-refractivity contribution < 1.29 is 9.59 Å². The van der Waals surface area contributed by atoms with E-state index in [1.165, 1.54) is 5.56 Å². The average molecular weight is 398 g/mol. The number of benzene rings is 2. The van der Waals surface area contributed by atoms with Crippen LogP contribution in [0.25, 0.3) is 0 Å². The van der Waals surface area contributed by atoms with Crippen LogP contribution in [-0.4, -0.2) is 43.6 Å². The Kier molecular flexibility index (Phi) is 6.75. The van der Waals surface area contributed by atoms with E-state index in [0.29, 0.717) is 13.1 Å². The molecule has 0 bridgehead atoms. The highest BCUT2D eigenvalue weighted by Gasteiger charge is 2.35. The van der Waals surface area contributed by atoms with E-state index < -0.39 is 0 Å². The molecule has 0 spiro atoms. The van der Waals surface area contributed by atoms with E-state index >= 15 is 0 Å². The fourth-order valence-corrected chi connectivity index (χ4v) is 3.92. The predicted octanol–water partition coefficient (Wildman–Crippen LogP) is 3.14. The topological polar surface area (TPSA) is 52.7 Å². The molecule has 0 radical (unpaired) electrons. The quantitative estimate of drug-likeness (QED) is 0.730. The summed E-state index contributed by atoms with van der Waals surface area (Å²) in [4.78, 5) is 30.1. The van der Waals surface area contributed by atoms with Gasteiger partial charge in [0.2, 0.25) is 11.8 Å². The van der Waals surface area contributed by atoms with E-state index in [4.69, 9.17) is 0 Å². The molecule has 5 nitrogen and oxygen atoms in total. The number of nitrogens with one attached hydrogen (secondary N) is 1. The van der Waals surface area contributed by atoms with Gasteiger partial charge in [0.1, 0.15) is 0 Å². The maximum Gasteiger partial charge on any atom is 0.227 e. The van der Waals surface area contributed by atoms with E-state index in [9.17, 15) is 9.59 Å². The van der Waals surface area contributed by atoms with Crippen LogP contribution >= 0.6 is 11.8 Å². The lowest BCUT2D eigenvalue weighted by molar-refractivity contribution is -0.126. The van der Waals surface area contributed by atoms with Crippen LogP contribution in [0, 0.1) is 5.92 Å². The molecule has 1 heterocycles. The number of hydrogen-bond acceptors (Lipinski definition) is 4. The SMILES string of the molecule is CSc1cccc(N2C[C@H](C(=O)NCc3ccccc3CN(C)C)CC2=O)c1. The zero-order valence-electron chi connectivity index (χ0n) is 16.6. The number of carbonyl (C=O) groups excluding carboxylic acids is 2. The molecule has 1 saturated heterocycles. The van der Waals surface area contributed by atoms with Crippen molar-refractivity contribution in [2.24, 2.45) is 5.92 Å². The molecule has 1 fully saturated rings. The van der Waals surface area contributed by atoms with E-state index in [-0.39, 0.29) is 24.2 Å². The van der Waals surface area contributed by atoms with Gasteiger partial charge in [0.25, 0.3) is 0 Å². The molecule has 0 aromatic heterocycles. The molecular weight excluding hydrogens is 370 g/mol. The first-order chi connectivity index (χ1) is 13.5. The van der Waals surface area contributed by atoms with Crippen LogP contribution in [0.4, 0.5) is 5.69 Å². The number of nitrogens with zero attached hydrogens (tertiary/aromatic N) is 2. The van der Waals surface area contributed by atoms with Gasteiger partial charge in [0, 0.05) is 36.6 Å². The van der Waals surface area contributed by atoms with Gasteiger partial charge in [0.15, 0.2) is 0 Å². The Balaban J connectivity index is 1.62. The Morgan fingerprint density at radius 3 is 2.64 bits per heavy atom. The van der Waals surface area contributed by atoms with Gasteiger partial charge in [-0.2, -0.15) is 0 Å². The third-order valence-electron chi connectivity index (χ3n) is 4.92. The molecule has 0 aliphatic carbocycles. The molecule has 0 saturated carbocycles. The lowest BCUT2D eigenvalue weighted by Crippen LogP contribution is -2.33. The number of amides is 2. The summed E-state index contributed by atoms with van der Waals surface area (Å²) in [6, 6.07) is 16.0. The third kappa shape index (κ3) is 4.94. The van der Waals surface area contributed by atoms with Gasteiger partial charge in [-0.15, -0.1) is 11.8 Å². The fraction of sp³-hybridized carbons (Fsp3) is 0.364. The molecule has 1 aliphatic rings. The summed E-state index contributed by atoms with van der Waals surface area (Å²) in [6.45, 7) is 1.74. The maximum absolute atomic E-state index is 12.7. The Hall–Kier alpha value is -2.31. The first-order valence-corrected chi connectivity index (χ1v) is 10.6. The van der Waals surface area contributed by atoms with Crippen molar-refractivity contribution in [3.05, 3.63) is 59.7 Å². The van der Waals surface area contributed by atoms with Crippen LogP contribution < -0.4 is 10.2 Å². The first-order valence-electron chi connectivity index (χ1n) is 9.41. The standard InChI is InChI=1S/C22H27N3O2S/c1-24(2)14-17-8-5-4-7-16(17)13-23-22(27)18-11-21(26)25(15-18)19-9-6-10-20(12-19)28-3/h4-10,12,18H,11,13-15H2,1-3H3,(H,23,27)/t18-/m1/s1. The van der Waals surface area contributed by atoms with Crippen molar-refractivity contribution in [3.63, 3.8) is 0 Å². The van der Waals surface area contributed by atoms with Crippen molar-refractivity contribution in [1.82, 2.24) is 10.2 Å². The van der Waals surface area contributed by atoms with Crippen molar-refractivity contribution in [3.8, 4) is 0 Å². The minimum absolute atomic E-state index is 0.00594. The molecule has 1 N–H and O–H groups in total. The van der Waals surface area contributed by atoms with Crippen LogP contribution in [0.15, 0.2) is 53.4 Å². The number of hydrogen-bond donors (Lipinski definition) is 1. The number of rotatable bonds is 7. The molecule has 3 rings (SSSR count). The molecule has 1 atom stereocenters. The monoisotopic (exact) mass is 397 g/mol. The average Bonchev–Trinajstić information content (AvgIpc) is 3.08. The molecular formula is C22H27N3O2S. The Bertz CT molecular complexity index is 853. The molecule has 2 aromatic carbocycles. The normalized spacial score (nSPS) is 16.6. The summed E-state index contributed by atoms with van der Waals surface area (Å²) in [5, 5.41) is 3.03. The Labute approximate surface area is 171 Å². The molecule has 148 valence electrons.